The molecular formula is C9H15NO2. The van der Waals surface area contributed by atoms with Gasteiger partial charge in [0.2, 0.25) is 0 Å². The molecule has 1 rings (SSSR count). The number of dihydropyridines is 1. The predicted molar refractivity (Wildman–Crippen MR) is 47.4 cm³/mol. The van der Waals surface area contributed by atoms with Gasteiger partial charge >= 0.3 is 0 Å². The lowest BCUT2D eigenvalue weighted by Crippen LogP contribution is -2.46. The Morgan fingerprint density at radius 2 is 1.83 bits per heavy atom. The lowest BCUT2D eigenvalue weighted by Gasteiger charge is -2.31. The highest BCUT2D eigenvalue weighted by Crippen LogP contribution is 2.14. The summed E-state index contributed by atoms with van der Waals surface area (Å²) in [6.07, 6.45) is 7.48. The van der Waals surface area contributed by atoms with Gasteiger partial charge in [-0.15, -0.1) is 0 Å². The van der Waals surface area contributed by atoms with E-state index in [1.165, 1.54) is 0 Å². The van der Waals surface area contributed by atoms with Crippen LogP contribution in [0.15, 0.2) is 24.4 Å². The Hall–Kier alpha value is -0.800. The van der Waals surface area contributed by atoms with Gasteiger partial charge in [0, 0.05) is 19.4 Å². The molecule has 1 N–H and O–H groups in total. The van der Waals surface area contributed by atoms with E-state index in [0.717, 1.165) is 0 Å². The molecule has 0 aromatic rings. The molecule has 1 aliphatic rings. The molecule has 0 amide bonds. The summed E-state index contributed by atoms with van der Waals surface area (Å²) in [7, 11) is 0. The van der Waals surface area contributed by atoms with Crippen LogP contribution in [0, 0.1) is 0 Å². The lowest BCUT2D eigenvalue weighted by atomic mass is 10.3. The largest absolute Gasteiger partial charge is 0.338 e. The Labute approximate surface area is 73.1 Å². The molecule has 0 fully saturated rings. The topological polar surface area (TPSA) is 30.5 Å². The van der Waals surface area contributed by atoms with Crippen molar-refractivity contribution >= 4 is 0 Å². The summed E-state index contributed by atoms with van der Waals surface area (Å²) in [4.78, 5) is 0. The second-order valence-corrected chi connectivity index (χ2v) is 2.40. The van der Waals surface area contributed by atoms with Gasteiger partial charge in [0.05, 0.1) is 0 Å². The smallest absolute Gasteiger partial charge is 0.270 e. The van der Waals surface area contributed by atoms with E-state index in [9.17, 15) is 0 Å². The first kappa shape index (κ1) is 9.29. The molecule has 1 heterocycles. The standard InChI is InChI=1S/C9H15NO2/c1-3-11-9(12-4-2)7-5-6-8-10-9/h5-8,10H,3-4H2,1-2H3. The van der Waals surface area contributed by atoms with E-state index in [4.69, 9.17) is 9.47 Å². The molecule has 0 bridgehead atoms. The van der Waals surface area contributed by atoms with Crippen molar-refractivity contribution in [3.05, 3.63) is 24.4 Å². The zero-order chi connectivity index (χ0) is 8.86. The first-order valence-corrected chi connectivity index (χ1v) is 4.23. The van der Waals surface area contributed by atoms with Crippen LogP contribution in [0.5, 0.6) is 0 Å². The van der Waals surface area contributed by atoms with Crippen molar-refractivity contribution < 1.29 is 9.47 Å². The van der Waals surface area contributed by atoms with E-state index in [2.05, 4.69) is 5.32 Å². The number of allylic oxidation sites excluding steroid dienone is 2. The third kappa shape index (κ3) is 2.09. The molecule has 3 heteroatoms. The van der Waals surface area contributed by atoms with E-state index >= 15 is 0 Å². The van der Waals surface area contributed by atoms with Crippen molar-refractivity contribution in [2.75, 3.05) is 13.2 Å². The van der Waals surface area contributed by atoms with E-state index in [-0.39, 0.29) is 0 Å². The summed E-state index contributed by atoms with van der Waals surface area (Å²) < 4.78 is 10.9. The van der Waals surface area contributed by atoms with E-state index < -0.39 is 5.91 Å². The van der Waals surface area contributed by atoms with Gasteiger partial charge in [0.25, 0.3) is 5.91 Å². The Morgan fingerprint density at radius 3 is 2.25 bits per heavy atom. The Morgan fingerprint density at radius 1 is 1.17 bits per heavy atom. The van der Waals surface area contributed by atoms with Crippen LogP contribution >= 0.6 is 0 Å². The van der Waals surface area contributed by atoms with Crippen molar-refractivity contribution in [1.29, 1.82) is 0 Å². The molecule has 0 aromatic carbocycles. The van der Waals surface area contributed by atoms with Crippen LogP contribution in [-0.2, 0) is 9.47 Å². The molecule has 0 aromatic heterocycles. The monoisotopic (exact) mass is 169 g/mol. The Bertz CT molecular complexity index is 181. The number of nitrogens with one attached hydrogen (secondary N) is 1. The molecule has 0 unspecified atom stereocenters. The normalized spacial score (nSPS) is 19.2. The van der Waals surface area contributed by atoms with Gasteiger partial charge < -0.3 is 14.8 Å². The van der Waals surface area contributed by atoms with Gasteiger partial charge in [-0.3, -0.25) is 0 Å². The minimum atomic E-state index is -0.738. The van der Waals surface area contributed by atoms with Gasteiger partial charge in [0.15, 0.2) is 0 Å². The highest BCUT2D eigenvalue weighted by molar-refractivity contribution is 5.13. The molecule has 1 aliphatic heterocycles. The highest BCUT2D eigenvalue weighted by Gasteiger charge is 2.27. The van der Waals surface area contributed by atoms with Crippen molar-refractivity contribution in [3.63, 3.8) is 0 Å². The average Bonchev–Trinajstić information content (AvgIpc) is 2.07. The van der Waals surface area contributed by atoms with Crippen LogP contribution in [0.4, 0.5) is 0 Å². The molecule has 68 valence electrons. The van der Waals surface area contributed by atoms with Crippen LogP contribution in [0.1, 0.15) is 13.8 Å². The highest BCUT2D eigenvalue weighted by atomic mass is 16.7. The number of ether oxygens (including phenoxy) is 2. The van der Waals surface area contributed by atoms with Crippen molar-refractivity contribution in [2.24, 2.45) is 0 Å². The average molecular weight is 169 g/mol. The van der Waals surface area contributed by atoms with Crippen molar-refractivity contribution in [3.8, 4) is 0 Å². The predicted octanol–water partition coefficient (Wildman–Crippen LogP) is 1.39. The summed E-state index contributed by atoms with van der Waals surface area (Å²) in [5, 5.41) is 3.02. The Balaban J connectivity index is 2.59. The quantitative estimate of drug-likeness (QED) is 0.645. The Kier molecular flexibility index (Phi) is 3.31. The number of hydrogen-bond donors (Lipinski definition) is 1. The second-order valence-electron chi connectivity index (χ2n) is 2.40. The molecule has 0 spiro atoms. The van der Waals surface area contributed by atoms with Gasteiger partial charge in [-0.2, -0.15) is 0 Å². The van der Waals surface area contributed by atoms with E-state index in [1.807, 2.05) is 38.3 Å². The van der Waals surface area contributed by atoms with Crippen molar-refractivity contribution in [1.82, 2.24) is 5.32 Å². The van der Waals surface area contributed by atoms with Gasteiger partial charge in [0.1, 0.15) is 0 Å². The maximum Gasteiger partial charge on any atom is 0.270 e. The molecule has 12 heavy (non-hydrogen) atoms. The third-order valence-electron chi connectivity index (χ3n) is 1.53. The van der Waals surface area contributed by atoms with E-state index in [0.29, 0.717) is 13.2 Å². The molecule has 0 atom stereocenters. The fourth-order valence-corrected chi connectivity index (χ4v) is 1.10. The lowest BCUT2D eigenvalue weighted by molar-refractivity contribution is -0.212. The zero-order valence-electron chi connectivity index (χ0n) is 7.54. The molecular weight excluding hydrogens is 154 g/mol. The minimum absolute atomic E-state index is 0.616. The minimum Gasteiger partial charge on any atom is -0.338 e. The van der Waals surface area contributed by atoms with Crippen LogP contribution in [0.25, 0.3) is 0 Å². The zero-order valence-corrected chi connectivity index (χ0v) is 7.54. The second kappa shape index (κ2) is 4.28. The van der Waals surface area contributed by atoms with E-state index in [1.54, 1.807) is 0 Å². The molecule has 0 radical (unpaired) electrons. The molecule has 0 saturated carbocycles. The van der Waals surface area contributed by atoms with Crippen LogP contribution in [0.3, 0.4) is 0 Å². The summed E-state index contributed by atoms with van der Waals surface area (Å²) in [6.45, 7) is 5.11. The summed E-state index contributed by atoms with van der Waals surface area (Å²) in [5.41, 5.74) is 0. The maximum atomic E-state index is 5.44. The van der Waals surface area contributed by atoms with Crippen molar-refractivity contribution in [2.45, 2.75) is 19.8 Å². The fourth-order valence-electron chi connectivity index (χ4n) is 1.10. The SMILES string of the molecule is CCOC1(OCC)C=CC=CN1. The van der Waals surface area contributed by atoms with Gasteiger partial charge in [-0.25, -0.2) is 0 Å². The number of rotatable bonds is 4. The summed E-state index contributed by atoms with van der Waals surface area (Å²) in [5.74, 6) is -0.738. The third-order valence-corrected chi connectivity index (χ3v) is 1.53. The number of hydrogen-bond acceptors (Lipinski definition) is 3. The van der Waals surface area contributed by atoms with Crippen LogP contribution < -0.4 is 5.32 Å². The fraction of sp³-hybridized carbons (Fsp3) is 0.556. The molecule has 0 aliphatic carbocycles. The van der Waals surface area contributed by atoms with Gasteiger partial charge in [-0.1, -0.05) is 6.08 Å². The summed E-state index contributed by atoms with van der Waals surface area (Å²) >= 11 is 0. The van der Waals surface area contributed by atoms with Crippen LogP contribution in [0.2, 0.25) is 0 Å². The first-order valence-electron chi connectivity index (χ1n) is 4.23. The summed E-state index contributed by atoms with van der Waals surface area (Å²) in [6, 6.07) is 0. The van der Waals surface area contributed by atoms with Crippen LogP contribution in [-0.4, -0.2) is 19.1 Å². The first-order chi connectivity index (χ1) is 5.83. The maximum absolute atomic E-state index is 5.44. The molecule has 3 nitrogen and oxygen atoms in total. The van der Waals surface area contributed by atoms with Gasteiger partial charge in [-0.05, 0) is 26.0 Å². The molecule has 0 saturated heterocycles.